The summed E-state index contributed by atoms with van der Waals surface area (Å²) in [5.74, 6) is 0.355. The molecule has 2 aromatic carbocycles. The predicted molar refractivity (Wildman–Crippen MR) is 134 cm³/mol. The third-order valence-corrected chi connectivity index (χ3v) is 7.57. The molecular weight excluding hydrogens is 456 g/mol. The minimum Gasteiger partial charge on any atom is -0.349 e. The zero-order valence-corrected chi connectivity index (χ0v) is 20.3. The molecule has 0 aliphatic carbocycles. The normalized spacial score (nSPS) is 12.6. The van der Waals surface area contributed by atoms with Crippen molar-refractivity contribution in [1.29, 1.82) is 0 Å². The first-order valence-electron chi connectivity index (χ1n) is 10.7. The monoisotopic (exact) mass is 482 g/mol. The first-order valence-corrected chi connectivity index (χ1v) is 13.2. The average molecular weight is 483 g/mol. The number of fused-ring (bicyclic) bond motifs is 1. The van der Waals surface area contributed by atoms with Crippen LogP contribution in [0, 0.1) is 0 Å². The molecule has 0 aliphatic heterocycles. The number of aryl methyl sites for hydroxylation is 1. The molecule has 4 rings (SSSR count). The summed E-state index contributed by atoms with van der Waals surface area (Å²) in [7, 11) is -1.65. The van der Waals surface area contributed by atoms with Gasteiger partial charge in [0.15, 0.2) is 0 Å². The molecule has 7 nitrogen and oxygen atoms in total. The van der Waals surface area contributed by atoms with Crippen molar-refractivity contribution in [1.82, 2.24) is 14.9 Å². The van der Waals surface area contributed by atoms with Gasteiger partial charge in [0.05, 0.1) is 28.0 Å². The predicted octanol–water partition coefficient (Wildman–Crippen LogP) is 4.42. The molecule has 2 N–H and O–H groups in total. The van der Waals surface area contributed by atoms with Crippen LogP contribution in [-0.2, 0) is 23.5 Å². The molecule has 0 saturated carbocycles. The van der Waals surface area contributed by atoms with Gasteiger partial charge in [-0.3, -0.25) is 9.52 Å². The van der Waals surface area contributed by atoms with Gasteiger partial charge in [0.1, 0.15) is 5.82 Å². The van der Waals surface area contributed by atoms with E-state index >= 15 is 0 Å². The zero-order chi connectivity index (χ0) is 23.6. The van der Waals surface area contributed by atoms with Gasteiger partial charge < -0.3 is 9.88 Å². The number of carbonyl (C=O) groups excluding carboxylic acids is 1. The Labute approximate surface area is 197 Å². The van der Waals surface area contributed by atoms with E-state index in [1.165, 1.54) is 4.88 Å². The van der Waals surface area contributed by atoms with Crippen molar-refractivity contribution in [2.24, 2.45) is 7.05 Å². The van der Waals surface area contributed by atoms with Crippen LogP contribution in [0.2, 0.25) is 0 Å². The number of rotatable bonds is 8. The molecule has 0 aliphatic rings. The van der Waals surface area contributed by atoms with Gasteiger partial charge in [-0.15, -0.1) is 11.3 Å². The van der Waals surface area contributed by atoms with E-state index in [-0.39, 0.29) is 17.7 Å². The standard InChI is InChI=1S/C24H26N4O3S2/c1-4-33(30,31)27-18-14-20(24(29)25-16(2)13-19-11-8-12-32-19)22-21(15-18)26-23(28(22)3)17-9-6-5-7-10-17/h5-12,14-16,27H,4,13H2,1-3H3,(H,25,29)/t16-/m0/s1. The van der Waals surface area contributed by atoms with Crippen molar-refractivity contribution in [3.05, 3.63) is 70.4 Å². The van der Waals surface area contributed by atoms with Gasteiger partial charge in [-0.05, 0) is 37.4 Å². The Balaban J connectivity index is 1.77. The molecule has 0 bridgehead atoms. The lowest BCUT2D eigenvalue weighted by molar-refractivity contribution is 0.0941. The van der Waals surface area contributed by atoms with Gasteiger partial charge >= 0.3 is 0 Å². The number of nitrogens with zero attached hydrogens (tertiary/aromatic N) is 2. The van der Waals surface area contributed by atoms with Crippen LogP contribution in [0.1, 0.15) is 29.1 Å². The highest BCUT2D eigenvalue weighted by Gasteiger charge is 2.21. The van der Waals surface area contributed by atoms with Crippen LogP contribution in [-0.4, -0.2) is 35.7 Å². The first kappa shape index (κ1) is 23.0. The van der Waals surface area contributed by atoms with Gasteiger partial charge in [-0.1, -0.05) is 36.4 Å². The number of carbonyl (C=O) groups is 1. The van der Waals surface area contributed by atoms with E-state index in [0.29, 0.717) is 28.1 Å². The number of anilines is 1. The number of imidazole rings is 1. The van der Waals surface area contributed by atoms with Crippen molar-refractivity contribution in [2.45, 2.75) is 26.3 Å². The van der Waals surface area contributed by atoms with E-state index < -0.39 is 10.0 Å². The summed E-state index contributed by atoms with van der Waals surface area (Å²) in [5, 5.41) is 5.07. The summed E-state index contributed by atoms with van der Waals surface area (Å²) < 4.78 is 28.8. The Morgan fingerprint density at radius 3 is 2.58 bits per heavy atom. The van der Waals surface area contributed by atoms with Crippen LogP contribution in [0.15, 0.2) is 60.0 Å². The SMILES string of the molecule is CCS(=O)(=O)Nc1cc(C(=O)N[C@@H](C)Cc2cccs2)c2c(c1)nc(-c1ccccc1)n2C. The number of benzene rings is 2. The topological polar surface area (TPSA) is 93.1 Å². The second-order valence-corrected chi connectivity index (χ2v) is 11.0. The second-order valence-electron chi connectivity index (χ2n) is 7.92. The van der Waals surface area contributed by atoms with E-state index in [9.17, 15) is 13.2 Å². The van der Waals surface area contributed by atoms with Gasteiger partial charge in [-0.25, -0.2) is 13.4 Å². The van der Waals surface area contributed by atoms with E-state index in [0.717, 1.165) is 12.0 Å². The highest BCUT2D eigenvalue weighted by molar-refractivity contribution is 7.92. The number of hydrogen-bond acceptors (Lipinski definition) is 5. The molecular formula is C24H26N4O3S2. The van der Waals surface area contributed by atoms with Crippen molar-refractivity contribution in [3.63, 3.8) is 0 Å². The summed E-state index contributed by atoms with van der Waals surface area (Å²) in [6.45, 7) is 3.52. The molecule has 9 heteroatoms. The Bertz CT molecular complexity index is 1380. The van der Waals surface area contributed by atoms with Gasteiger partial charge in [0.25, 0.3) is 5.91 Å². The lowest BCUT2D eigenvalue weighted by Crippen LogP contribution is -2.34. The van der Waals surface area contributed by atoms with Crippen molar-refractivity contribution >= 4 is 44.0 Å². The molecule has 172 valence electrons. The van der Waals surface area contributed by atoms with E-state index in [4.69, 9.17) is 4.98 Å². The Hall–Kier alpha value is -3.17. The third kappa shape index (κ3) is 5.09. The van der Waals surface area contributed by atoms with Crippen molar-refractivity contribution in [2.75, 3.05) is 10.5 Å². The van der Waals surface area contributed by atoms with Crippen LogP contribution >= 0.6 is 11.3 Å². The molecule has 0 fully saturated rings. The van der Waals surface area contributed by atoms with Gasteiger partial charge in [-0.2, -0.15) is 0 Å². The summed E-state index contributed by atoms with van der Waals surface area (Å²) in [5.41, 5.74) is 2.79. The van der Waals surface area contributed by atoms with Crippen LogP contribution in [0.25, 0.3) is 22.4 Å². The van der Waals surface area contributed by atoms with E-state index in [2.05, 4.69) is 10.0 Å². The maximum absolute atomic E-state index is 13.4. The minimum atomic E-state index is -3.51. The fraction of sp³-hybridized carbons (Fsp3) is 0.250. The van der Waals surface area contributed by atoms with Gasteiger partial charge in [0, 0.05) is 30.0 Å². The highest BCUT2D eigenvalue weighted by atomic mass is 32.2. The molecule has 1 atom stereocenters. The van der Waals surface area contributed by atoms with Crippen LogP contribution in [0.4, 0.5) is 5.69 Å². The Kier molecular flexibility index (Phi) is 6.53. The fourth-order valence-electron chi connectivity index (χ4n) is 3.76. The molecule has 4 aromatic rings. The zero-order valence-electron chi connectivity index (χ0n) is 18.7. The van der Waals surface area contributed by atoms with E-state index in [1.54, 1.807) is 30.4 Å². The van der Waals surface area contributed by atoms with Gasteiger partial charge in [0.2, 0.25) is 10.0 Å². The van der Waals surface area contributed by atoms with E-state index in [1.807, 2.05) is 66.4 Å². The number of hydrogen-bond donors (Lipinski definition) is 2. The molecule has 0 radical (unpaired) electrons. The third-order valence-electron chi connectivity index (χ3n) is 5.36. The fourth-order valence-corrected chi connectivity index (χ4v) is 5.22. The highest BCUT2D eigenvalue weighted by Crippen LogP contribution is 2.29. The lowest BCUT2D eigenvalue weighted by Gasteiger charge is -2.15. The molecule has 2 heterocycles. The quantitative estimate of drug-likeness (QED) is 0.389. The number of amides is 1. The molecule has 33 heavy (non-hydrogen) atoms. The number of sulfonamides is 1. The summed E-state index contributed by atoms with van der Waals surface area (Å²) in [4.78, 5) is 19.3. The minimum absolute atomic E-state index is 0.0676. The molecule has 2 aromatic heterocycles. The van der Waals surface area contributed by atoms with Crippen molar-refractivity contribution < 1.29 is 13.2 Å². The Morgan fingerprint density at radius 1 is 1.15 bits per heavy atom. The van der Waals surface area contributed by atoms with Crippen LogP contribution in [0.5, 0.6) is 0 Å². The molecule has 0 unspecified atom stereocenters. The second kappa shape index (κ2) is 9.36. The largest absolute Gasteiger partial charge is 0.349 e. The average Bonchev–Trinajstić information content (AvgIpc) is 3.41. The molecule has 0 saturated heterocycles. The maximum atomic E-state index is 13.4. The first-order chi connectivity index (χ1) is 15.8. The molecule has 0 spiro atoms. The smallest absolute Gasteiger partial charge is 0.253 e. The summed E-state index contributed by atoms with van der Waals surface area (Å²) in [6.07, 6.45) is 0.718. The number of aromatic nitrogens is 2. The van der Waals surface area contributed by atoms with Crippen molar-refractivity contribution in [3.8, 4) is 11.4 Å². The molecule has 1 amide bonds. The summed E-state index contributed by atoms with van der Waals surface area (Å²) >= 11 is 1.65. The maximum Gasteiger partial charge on any atom is 0.253 e. The summed E-state index contributed by atoms with van der Waals surface area (Å²) in [6, 6.07) is 16.9. The Morgan fingerprint density at radius 2 is 1.91 bits per heavy atom. The number of nitrogens with one attached hydrogen (secondary N) is 2. The lowest BCUT2D eigenvalue weighted by atomic mass is 10.1. The number of thiophene rings is 1. The van der Waals surface area contributed by atoms with Crippen LogP contribution < -0.4 is 10.0 Å². The van der Waals surface area contributed by atoms with Crippen LogP contribution in [0.3, 0.4) is 0 Å².